The van der Waals surface area contributed by atoms with E-state index in [4.69, 9.17) is 5.73 Å². The summed E-state index contributed by atoms with van der Waals surface area (Å²) in [6, 6.07) is 4.40. The number of hydrogen-bond acceptors (Lipinski definition) is 4. The van der Waals surface area contributed by atoms with Gasteiger partial charge in [-0.25, -0.2) is 9.50 Å². The van der Waals surface area contributed by atoms with E-state index in [2.05, 4.69) is 48.4 Å². The van der Waals surface area contributed by atoms with Gasteiger partial charge in [0.2, 0.25) is 4.96 Å². The lowest BCUT2D eigenvalue weighted by molar-refractivity contribution is 0.875. The highest BCUT2D eigenvalue weighted by Gasteiger charge is 2.14. The van der Waals surface area contributed by atoms with Crippen LogP contribution in [-0.2, 0) is 6.54 Å². The summed E-state index contributed by atoms with van der Waals surface area (Å²) in [7, 11) is 0. The Morgan fingerprint density at radius 3 is 2.53 bits per heavy atom. The average molecular weight is 272 g/mol. The normalized spacial score (nSPS) is 11.4. The van der Waals surface area contributed by atoms with Crippen molar-refractivity contribution in [2.24, 2.45) is 5.73 Å². The predicted molar refractivity (Wildman–Crippen MR) is 78.4 cm³/mol. The number of fused-ring (bicyclic) bond motifs is 1. The van der Waals surface area contributed by atoms with Crippen LogP contribution in [0.4, 0.5) is 0 Å². The number of nitrogens with two attached hydrogens (primary N) is 1. The van der Waals surface area contributed by atoms with E-state index >= 15 is 0 Å². The second-order valence-corrected chi connectivity index (χ2v) is 5.66. The second kappa shape index (κ2) is 4.43. The molecule has 0 fully saturated rings. The van der Waals surface area contributed by atoms with E-state index in [0.717, 1.165) is 10.7 Å². The number of nitrogens with zero attached hydrogens (tertiary/aromatic N) is 3. The third kappa shape index (κ3) is 1.95. The van der Waals surface area contributed by atoms with Gasteiger partial charge in [-0.3, -0.25) is 0 Å². The molecular weight excluding hydrogens is 256 g/mol. The topological polar surface area (TPSA) is 56.2 Å². The van der Waals surface area contributed by atoms with Crippen molar-refractivity contribution in [1.29, 1.82) is 0 Å². The van der Waals surface area contributed by atoms with E-state index < -0.39 is 0 Å². The third-order valence-corrected chi connectivity index (χ3v) is 4.06. The van der Waals surface area contributed by atoms with Crippen molar-refractivity contribution < 1.29 is 0 Å². The summed E-state index contributed by atoms with van der Waals surface area (Å²) in [6.45, 7) is 6.77. The molecule has 0 amide bonds. The van der Waals surface area contributed by atoms with Crippen molar-refractivity contribution in [1.82, 2.24) is 14.6 Å². The van der Waals surface area contributed by atoms with Crippen LogP contribution >= 0.6 is 11.3 Å². The quantitative estimate of drug-likeness (QED) is 0.780. The van der Waals surface area contributed by atoms with Crippen LogP contribution in [0.5, 0.6) is 0 Å². The molecule has 4 nitrogen and oxygen atoms in total. The van der Waals surface area contributed by atoms with Gasteiger partial charge in [-0.1, -0.05) is 17.7 Å². The van der Waals surface area contributed by atoms with Gasteiger partial charge < -0.3 is 5.73 Å². The minimum atomic E-state index is 0.375. The fourth-order valence-electron chi connectivity index (χ4n) is 2.57. The Bertz CT molecular complexity index is 731. The maximum atomic E-state index is 5.61. The van der Waals surface area contributed by atoms with Crippen LogP contribution in [0.15, 0.2) is 17.5 Å². The summed E-state index contributed by atoms with van der Waals surface area (Å²) < 4.78 is 1.90. The van der Waals surface area contributed by atoms with Gasteiger partial charge in [0, 0.05) is 10.9 Å². The molecule has 1 aromatic carbocycles. The lowest BCUT2D eigenvalue weighted by Gasteiger charge is -2.09. The molecule has 19 heavy (non-hydrogen) atoms. The van der Waals surface area contributed by atoms with Gasteiger partial charge in [0.05, 0.1) is 12.2 Å². The Labute approximate surface area is 115 Å². The highest BCUT2D eigenvalue weighted by atomic mass is 32.1. The summed E-state index contributed by atoms with van der Waals surface area (Å²) in [4.78, 5) is 5.30. The summed E-state index contributed by atoms with van der Waals surface area (Å²) in [5.74, 6) is 0.690. The van der Waals surface area contributed by atoms with Gasteiger partial charge >= 0.3 is 0 Å². The van der Waals surface area contributed by atoms with E-state index in [9.17, 15) is 0 Å². The maximum absolute atomic E-state index is 5.61. The summed E-state index contributed by atoms with van der Waals surface area (Å²) in [5.41, 5.74) is 11.8. The fraction of sp³-hybridized carbons (Fsp3) is 0.286. The average Bonchev–Trinajstić information content (AvgIpc) is 2.89. The van der Waals surface area contributed by atoms with E-state index in [1.807, 2.05) is 4.52 Å². The molecule has 0 saturated heterocycles. The highest BCUT2D eigenvalue weighted by molar-refractivity contribution is 7.15. The number of rotatable bonds is 2. The smallest absolute Gasteiger partial charge is 0.212 e. The van der Waals surface area contributed by atoms with Crippen molar-refractivity contribution in [3.63, 3.8) is 0 Å². The highest BCUT2D eigenvalue weighted by Crippen LogP contribution is 2.31. The van der Waals surface area contributed by atoms with E-state index in [0.29, 0.717) is 12.4 Å². The molecule has 0 aliphatic carbocycles. The minimum Gasteiger partial charge on any atom is -0.324 e. The zero-order valence-electron chi connectivity index (χ0n) is 11.3. The Kier molecular flexibility index (Phi) is 2.88. The predicted octanol–water partition coefficient (Wildman–Crippen LogP) is 2.84. The van der Waals surface area contributed by atoms with Crippen LogP contribution in [0.1, 0.15) is 22.5 Å². The van der Waals surface area contributed by atoms with Gasteiger partial charge in [0.1, 0.15) is 0 Å². The zero-order valence-corrected chi connectivity index (χ0v) is 12.1. The number of hydrogen-bond donors (Lipinski definition) is 1. The fourth-order valence-corrected chi connectivity index (χ4v) is 3.40. The van der Waals surface area contributed by atoms with Crippen molar-refractivity contribution >= 4 is 16.3 Å². The molecule has 0 unspecified atom stereocenters. The van der Waals surface area contributed by atoms with Crippen LogP contribution in [0.2, 0.25) is 0 Å². The molecule has 5 heteroatoms. The molecule has 0 saturated carbocycles. The lowest BCUT2D eigenvalue weighted by atomic mass is 9.98. The molecule has 3 rings (SSSR count). The van der Waals surface area contributed by atoms with Crippen molar-refractivity contribution in [3.05, 3.63) is 40.0 Å². The van der Waals surface area contributed by atoms with Crippen LogP contribution < -0.4 is 5.73 Å². The first-order valence-corrected chi connectivity index (χ1v) is 7.09. The van der Waals surface area contributed by atoms with E-state index in [1.165, 1.54) is 22.3 Å². The number of aromatic nitrogens is 3. The minimum absolute atomic E-state index is 0.375. The Morgan fingerprint density at radius 1 is 1.21 bits per heavy atom. The standard InChI is InChI=1S/C14H16N4S/c1-8-4-9(2)13(10(3)5-8)11-7-19-14-16-12(6-15)17-18(11)14/h4-5,7H,6,15H2,1-3H3. The molecule has 98 valence electrons. The molecule has 0 spiro atoms. The first-order chi connectivity index (χ1) is 9.10. The van der Waals surface area contributed by atoms with Gasteiger partial charge in [-0.2, -0.15) is 0 Å². The summed E-state index contributed by atoms with van der Waals surface area (Å²) in [5, 5.41) is 6.57. The lowest BCUT2D eigenvalue weighted by Crippen LogP contribution is -2.00. The summed E-state index contributed by atoms with van der Waals surface area (Å²) >= 11 is 1.60. The van der Waals surface area contributed by atoms with Crippen LogP contribution in [0, 0.1) is 20.8 Å². The van der Waals surface area contributed by atoms with Gasteiger partial charge in [0.15, 0.2) is 5.82 Å². The molecule has 2 N–H and O–H groups in total. The molecular formula is C14H16N4S. The largest absolute Gasteiger partial charge is 0.324 e. The van der Waals surface area contributed by atoms with E-state index in [-0.39, 0.29) is 0 Å². The SMILES string of the molecule is Cc1cc(C)c(-c2csc3nc(CN)nn23)c(C)c1. The third-order valence-electron chi connectivity index (χ3n) is 3.24. The summed E-state index contributed by atoms with van der Waals surface area (Å²) in [6.07, 6.45) is 0. The second-order valence-electron chi connectivity index (χ2n) is 4.82. The van der Waals surface area contributed by atoms with Crippen LogP contribution in [0.3, 0.4) is 0 Å². The van der Waals surface area contributed by atoms with Crippen LogP contribution in [0.25, 0.3) is 16.2 Å². The van der Waals surface area contributed by atoms with Crippen molar-refractivity contribution in [2.75, 3.05) is 0 Å². The molecule has 0 atom stereocenters. The van der Waals surface area contributed by atoms with Gasteiger partial charge in [0.25, 0.3) is 0 Å². The molecule has 0 aliphatic heterocycles. The number of benzene rings is 1. The number of aryl methyl sites for hydroxylation is 3. The first kappa shape index (κ1) is 12.3. The van der Waals surface area contributed by atoms with Crippen LogP contribution in [-0.4, -0.2) is 14.6 Å². The number of thiazole rings is 1. The van der Waals surface area contributed by atoms with Crippen molar-refractivity contribution in [3.8, 4) is 11.3 Å². The molecule has 0 radical (unpaired) electrons. The first-order valence-electron chi connectivity index (χ1n) is 6.21. The Balaban J connectivity index is 2.27. The Hall–Kier alpha value is -1.72. The molecule has 2 heterocycles. The molecule has 2 aromatic heterocycles. The molecule has 0 aliphatic rings. The van der Waals surface area contributed by atoms with Gasteiger partial charge in [-0.05, 0) is 31.9 Å². The molecule has 3 aromatic rings. The molecule has 0 bridgehead atoms. The van der Waals surface area contributed by atoms with Gasteiger partial charge in [-0.15, -0.1) is 16.4 Å². The van der Waals surface area contributed by atoms with Crippen molar-refractivity contribution in [2.45, 2.75) is 27.3 Å². The monoisotopic (exact) mass is 272 g/mol. The zero-order chi connectivity index (χ0) is 13.6. The Morgan fingerprint density at radius 2 is 1.89 bits per heavy atom. The maximum Gasteiger partial charge on any atom is 0.212 e. The van der Waals surface area contributed by atoms with E-state index in [1.54, 1.807) is 11.3 Å².